The molecule has 18 heavy (non-hydrogen) atoms. The summed E-state index contributed by atoms with van der Waals surface area (Å²) in [4.78, 5) is 22.4. The van der Waals surface area contributed by atoms with Crippen LogP contribution in [0.3, 0.4) is 0 Å². The zero-order valence-electron chi connectivity index (χ0n) is 9.91. The van der Waals surface area contributed by atoms with E-state index in [2.05, 4.69) is 10.6 Å². The Morgan fingerprint density at radius 2 is 1.39 bits per heavy atom. The first-order valence-electron chi connectivity index (χ1n) is 4.97. The minimum Gasteiger partial charge on any atom is -0.306 e. The van der Waals surface area contributed by atoms with Gasteiger partial charge in [0.1, 0.15) is 0 Å². The van der Waals surface area contributed by atoms with Gasteiger partial charge in [-0.2, -0.15) is 0 Å². The molecule has 1 aromatic carbocycles. The Labute approximate surface area is 103 Å². The van der Waals surface area contributed by atoms with Crippen LogP contribution in [0.1, 0.15) is 0 Å². The number of carbonyl (C=O) groups is 2. The van der Waals surface area contributed by atoms with Crippen LogP contribution in [0, 0.1) is 0 Å². The van der Waals surface area contributed by atoms with Gasteiger partial charge in [-0.15, -0.1) is 0 Å². The Bertz CT molecular complexity index is 410. The van der Waals surface area contributed by atoms with Gasteiger partial charge in [0.15, 0.2) is 0 Å². The Morgan fingerprint density at radius 1 is 1.00 bits per heavy atom. The first-order chi connectivity index (χ1) is 8.40. The summed E-state index contributed by atoms with van der Waals surface area (Å²) >= 11 is 0. The minimum atomic E-state index is -0.710. The molecule has 1 aromatic rings. The summed E-state index contributed by atoms with van der Waals surface area (Å²) in [5, 5.41) is 23.3. The largest absolute Gasteiger partial charge is 0.345 e. The van der Waals surface area contributed by atoms with Gasteiger partial charge in [0.25, 0.3) is 0 Å². The molecular formula is C10H14N4O4. The summed E-state index contributed by atoms with van der Waals surface area (Å²) in [5.41, 5.74) is 0.776. The van der Waals surface area contributed by atoms with Gasteiger partial charge in [0, 0.05) is 25.5 Å². The van der Waals surface area contributed by atoms with E-state index in [1.807, 2.05) is 0 Å². The van der Waals surface area contributed by atoms with Gasteiger partial charge in [-0.25, -0.2) is 19.7 Å². The molecule has 0 fully saturated rings. The lowest BCUT2D eigenvalue weighted by atomic mass is 10.3. The van der Waals surface area contributed by atoms with Crippen LogP contribution in [-0.2, 0) is 0 Å². The molecular weight excluding hydrogens is 240 g/mol. The molecule has 0 atom stereocenters. The third-order valence-corrected chi connectivity index (χ3v) is 1.95. The lowest BCUT2D eigenvalue weighted by molar-refractivity contribution is -0.0118. The highest BCUT2D eigenvalue weighted by Crippen LogP contribution is 2.15. The van der Waals surface area contributed by atoms with E-state index in [0.717, 1.165) is 0 Å². The Hall–Kier alpha value is -2.32. The molecule has 0 radical (unpaired) electrons. The molecule has 0 aliphatic carbocycles. The van der Waals surface area contributed by atoms with Crippen LogP contribution in [-0.4, -0.2) is 46.7 Å². The van der Waals surface area contributed by atoms with Crippen LogP contribution in [0.15, 0.2) is 24.3 Å². The van der Waals surface area contributed by atoms with Crippen LogP contribution in [0.5, 0.6) is 0 Å². The van der Waals surface area contributed by atoms with Crippen LogP contribution < -0.4 is 10.6 Å². The lowest BCUT2D eigenvalue weighted by Gasteiger charge is -2.13. The van der Waals surface area contributed by atoms with E-state index in [0.29, 0.717) is 21.5 Å². The number of benzene rings is 1. The molecule has 8 nitrogen and oxygen atoms in total. The number of hydrogen-bond acceptors (Lipinski definition) is 4. The highest BCUT2D eigenvalue weighted by Gasteiger charge is 2.08. The first-order valence-corrected chi connectivity index (χ1v) is 4.97. The van der Waals surface area contributed by atoms with E-state index in [1.54, 1.807) is 18.2 Å². The lowest BCUT2D eigenvalue weighted by Crippen LogP contribution is -2.29. The monoisotopic (exact) mass is 254 g/mol. The molecule has 98 valence electrons. The van der Waals surface area contributed by atoms with Crippen LogP contribution >= 0.6 is 0 Å². The molecule has 0 aliphatic rings. The quantitative estimate of drug-likeness (QED) is 0.472. The molecule has 1 rings (SSSR count). The molecule has 0 heterocycles. The van der Waals surface area contributed by atoms with Crippen LogP contribution in [0.2, 0.25) is 0 Å². The number of nitrogens with one attached hydrogen (secondary N) is 2. The molecule has 4 N–H and O–H groups in total. The smallest absolute Gasteiger partial charge is 0.306 e. The van der Waals surface area contributed by atoms with Gasteiger partial charge in [0.2, 0.25) is 0 Å². The van der Waals surface area contributed by atoms with Crippen molar-refractivity contribution in [1.82, 2.24) is 10.1 Å². The number of amides is 4. The number of urea groups is 2. The van der Waals surface area contributed by atoms with Crippen LogP contribution in [0.4, 0.5) is 21.0 Å². The second kappa shape index (κ2) is 5.84. The predicted molar refractivity (Wildman–Crippen MR) is 63.6 cm³/mol. The van der Waals surface area contributed by atoms with Crippen molar-refractivity contribution in [2.45, 2.75) is 0 Å². The SMILES string of the molecule is CN(O)C(=O)Nc1cccc(NC(=O)N(C)O)c1. The maximum Gasteiger partial charge on any atom is 0.345 e. The molecule has 0 saturated heterocycles. The summed E-state index contributed by atoms with van der Waals surface area (Å²) < 4.78 is 0. The summed E-state index contributed by atoms with van der Waals surface area (Å²) in [6.45, 7) is 0. The minimum absolute atomic E-state index is 0.388. The Kier molecular flexibility index (Phi) is 4.46. The number of hydroxylamine groups is 4. The second-order valence-corrected chi connectivity index (χ2v) is 3.49. The normalized spacial score (nSPS) is 9.56. The summed E-state index contributed by atoms with van der Waals surface area (Å²) in [6, 6.07) is 4.82. The third kappa shape index (κ3) is 3.92. The maximum atomic E-state index is 11.2. The predicted octanol–water partition coefficient (Wildman–Crippen LogP) is 1.39. The molecule has 0 aliphatic heterocycles. The summed E-state index contributed by atoms with van der Waals surface area (Å²) in [5.74, 6) is 0. The Balaban J connectivity index is 2.74. The van der Waals surface area contributed by atoms with Gasteiger partial charge in [0.05, 0.1) is 0 Å². The standard InChI is InChI=1S/C10H14N4O4/c1-13(17)9(15)11-7-4-3-5-8(6-7)12-10(16)14(2)18/h3-6,17-18H,1-2H3,(H,11,15)(H,12,16). The number of carbonyl (C=O) groups excluding carboxylic acids is 2. The van der Waals surface area contributed by atoms with Crippen molar-refractivity contribution in [3.05, 3.63) is 24.3 Å². The van der Waals surface area contributed by atoms with Crippen molar-refractivity contribution in [3.63, 3.8) is 0 Å². The number of rotatable bonds is 2. The highest BCUT2D eigenvalue weighted by molar-refractivity contribution is 5.91. The van der Waals surface area contributed by atoms with E-state index in [9.17, 15) is 9.59 Å². The summed E-state index contributed by atoms with van der Waals surface area (Å²) in [7, 11) is 2.36. The summed E-state index contributed by atoms with van der Waals surface area (Å²) in [6.07, 6.45) is 0. The Morgan fingerprint density at radius 3 is 1.72 bits per heavy atom. The van der Waals surface area contributed by atoms with Crippen molar-refractivity contribution < 1.29 is 20.0 Å². The number of anilines is 2. The number of hydrogen-bond donors (Lipinski definition) is 4. The van der Waals surface area contributed by atoms with Crippen molar-refractivity contribution in [2.24, 2.45) is 0 Å². The molecule has 0 bridgehead atoms. The van der Waals surface area contributed by atoms with Gasteiger partial charge < -0.3 is 10.6 Å². The fraction of sp³-hybridized carbons (Fsp3) is 0.200. The molecule has 0 saturated carbocycles. The zero-order valence-corrected chi connectivity index (χ0v) is 9.91. The third-order valence-electron chi connectivity index (χ3n) is 1.95. The van der Waals surface area contributed by atoms with Gasteiger partial charge >= 0.3 is 12.1 Å². The van der Waals surface area contributed by atoms with Crippen molar-refractivity contribution >= 4 is 23.4 Å². The molecule has 0 aromatic heterocycles. The highest BCUT2D eigenvalue weighted by atomic mass is 16.5. The average Bonchev–Trinajstić information content (AvgIpc) is 2.29. The van der Waals surface area contributed by atoms with Crippen LogP contribution in [0.25, 0.3) is 0 Å². The van der Waals surface area contributed by atoms with Gasteiger partial charge in [-0.3, -0.25) is 10.4 Å². The van der Waals surface area contributed by atoms with E-state index < -0.39 is 12.1 Å². The first kappa shape index (κ1) is 13.7. The topological polar surface area (TPSA) is 105 Å². The number of nitrogens with zero attached hydrogens (tertiary/aromatic N) is 2. The molecule has 0 unspecified atom stereocenters. The second-order valence-electron chi connectivity index (χ2n) is 3.49. The van der Waals surface area contributed by atoms with E-state index >= 15 is 0 Å². The van der Waals surface area contributed by atoms with Gasteiger partial charge in [-0.1, -0.05) is 6.07 Å². The molecule has 4 amide bonds. The molecule has 0 spiro atoms. The van der Waals surface area contributed by atoms with E-state index in [1.165, 1.54) is 20.2 Å². The molecule has 8 heteroatoms. The fourth-order valence-corrected chi connectivity index (χ4v) is 1.08. The van der Waals surface area contributed by atoms with Crippen molar-refractivity contribution in [2.75, 3.05) is 24.7 Å². The zero-order chi connectivity index (χ0) is 13.7. The fourth-order valence-electron chi connectivity index (χ4n) is 1.08. The van der Waals surface area contributed by atoms with E-state index in [4.69, 9.17) is 10.4 Å². The van der Waals surface area contributed by atoms with Crippen molar-refractivity contribution in [1.29, 1.82) is 0 Å². The average molecular weight is 254 g/mol. The van der Waals surface area contributed by atoms with Crippen molar-refractivity contribution in [3.8, 4) is 0 Å². The van der Waals surface area contributed by atoms with Gasteiger partial charge in [-0.05, 0) is 18.2 Å². The maximum absolute atomic E-state index is 11.2. The van der Waals surface area contributed by atoms with E-state index in [-0.39, 0.29) is 0 Å².